The molecular formula is C25H27ClN6O. The van der Waals surface area contributed by atoms with E-state index in [1.807, 2.05) is 54.2 Å². The average molecular weight is 463 g/mol. The maximum atomic E-state index is 9.47. The van der Waals surface area contributed by atoms with Crippen LogP contribution >= 0.6 is 12.4 Å². The Kier molecular flexibility index (Phi) is 6.68. The molecule has 0 radical (unpaired) electrons. The second kappa shape index (κ2) is 9.65. The molecule has 1 aromatic carbocycles. The molecule has 0 unspecified atom stereocenters. The van der Waals surface area contributed by atoms with Crippen LogP contribution in [0.1, 0.15) is 48.7 Å². The number of hydrogen-bond acceptors (Lipinski definition) is 5. The van der Waals surface area contributed by atoms with E-state index >= 15 is 0 Å². The minimum atomic E-state index is -0.279. The maximum Gasteiger partial charge on any atom is 0.146 e. The molecule has 33 heavy (non-hydrogen) atoms. The van der Waals surface area contributed by atoms with E-state index in [2.05, 4.69) is 34.2 Å². The predicted molar refractivity (Wildman–Crippen MR) is 130 cm³/mol. The lowest BCUT2D eigenvalue weighted by atomic mass is 10.0. The summed E-state index contributed by atoms with van der Waals surface area (Å²) in [5.74, 6) is 0.731. The summed E-state index contributed by atoms with van der Waals surface area (Å²) in [5.41, 5.74) is 5.62. The Hall–Kier alpha value is -3.34. The van der Waals surface area contributed by atoms with Crippen LogP contribution in [-0.2, 0) is 0 Å². The Morgan fingerprint density at radius 3 is 2.76 bits per heavy atom. The Labute approximate surface area is 199 Å². The van der Waals surface area contributed by atoms with Crippen LogP contribution in [0, 0.1) is 18.3 Å². The molecule has 1 aliphatic rings. The summed E-state index contributed by atoms with van der Waals surface area (Å²) in [6.45, 7) is 6.15. The number of rotatable bonds is 5. The van der Waals surface area contributed by atoms with E-state index in [9.17, 15) is 5.26 Å². The van der Waals surface area contributed by atoms with Crippen LogP contribution in [-0.4, -0.2) is 32.5 Å². The Balaban J connectivity index is 0.00000259. The van der Waals surface area contributed by atoms with E-state index in [0.29, 0.717) is 11.6 Å². The van der Waals surface area contributed by atoms with Crippen molar-refractivity contribution in [3.8, 4) is 22.9 Å². The number of piperidine rings is 1. The van der Waals surface area contributed by atoms with Gasteiger partial charge in [-0.3, -0.25) is 4.68 Å². The summed E-state index contributed by atoms with van der Waals surface area (Å²) in [5, 5.41) is 22.1. The molecular weight excluding hydrogens is 436 g/mol. The first-order chi connectivity index (χ1) is 15.7. The molecule has 0 spiro atoms. The Morgan fingerprint density at radius 2 is 1.97 bits per heavy atom. The molecule has 0 amide bonds. The summed E-state index contributed by atoms with van der Waals surface area (Å²) in [6.07, 6.45) is 7.63. The van der Waals surface area contributed by atoms with Crippen LogP contribution in [0.25, 0.3) is 16.6 Å². The first-order valence-corrected chi connectivity index (χ1v) is 11.0. The van der Waals surface area contributed by atoms with Crippen LogP contribution in [0.4, 0.5) is 0 Å². The van der Waals surface area contributed by atoms with Crippen LogP contribution in [0.15, 0.2) is 55.0 Å². The van der Waals surface area contributed by atoms with Crippen molar-refractivity contribution in [1.29, 1.82) is 5.26 Å². The monoisotopic (exact) mass is 462 g/mol. The fourth-order valence-corrected chi connectivity index (χ4v) is 4.57. The fourth-order valence-electron chi connectivity index (χ4n) is 4.57. The van der Waals surface area contributed by atoms with Crippen molar-refractivity contribution in [2.45, 2.75) is 38.8 Å². The van der Waals surface area contributed by atoms with Crippen LogP contribution < -0.4 is 10.1 Å². The second-order valence-electron chi connectivity index (χ2n) is 8.28. The van der Waals surface area contributed by atoms with Crippen LogP contribution in [0.5, 0.6) is 5.75 Å². The summed E-state index contributed by atoms with van der Waals surface area (Å²) in [4.78, 5) is 0. The van der Waals surface area contributed by atoms with E-state index in [1.54, 1.807) is 6.20 Å². The number of benzene rings is 1. The average Bonchev–Trinajstić information content (AvgIpc) is 3.46. The number of ether oxygens (including phenoxy) is 1. The summed E-state index contributed by atoms with van der Waals surface area (Å²) < 4.78 is 10.4. The number of hydrogen-bond donors (Lipinski definition) is 1. The number of nitrogens with zero attached hydrogens (tertiary/aromatic N) is 5. The smallest absolute Gasteiger partial charge is 0.146 e. The zero-order valence-corrected chi connectivity index (χ0v) is 19.5. The molecule has 7 nitrogen and oxygen atoms in total. The summed E-state index contributed by atoms with van der Waals surface area (Å²) in [6, 6.07) is 14.2. The fraction of sp³-hybridized carbons (Fsp3) is 0.320. The quantitative estimate of drug-likeness (QED) is 0.458. The number of pyridine rings is 1. The van der Waals surface area contributed by atoms with E-state index in [-0.39, 0.29) is 18.5 Å². The van der Waals surface area contributed by atoms with Gasteiger partial charge in [0.1, 0.15) is 17.4 Å². The van der Waals surface area contributed by atoms with Gasteiger partial charge in [-0.15, -0.1) is 12.4 Å². The normalized spacial score (nSPS) is 15.1. The molecule has 1 aliphatic heterocycles. The summed E-state index contributed by atoms with van der Waals surface area (Å²) in [7, 11) is 0. The number of aromatic nitrogens is 4. The minimum Gasteiger partial charge on any atom is -0.484 e. The molecule has 0 saturated carbocycles. The Morgan fingerprint density at radius 1 is 1.18 bits per heavy atom. The van der Waals surface area contributed by atoms with Crippen molar-refractivity contribution < 1.29 is 4.74 Å². The number of fused-ring (bicyclic) bond motifs is 1. The Bertz CT molecular complexity index is 1300. The highest BCUT2D eigenvalue weighted by Crippen LogP contribution is 2.34. The lowest BCUT2D eigenvalue weighted by Crippen LogP contribution is -2.30. The van der Waals surface area contributed by atoms with E-state index < -0.39 is 0 Å². The standard InChI is InChI=1S/C25H26N6O.ClH/c1-17-23(15-29-31(17)21-7-10-27-11-8-21)20-13-25(24-9-12-28-30(24)16-20)32-18(2)22-6-4-3-5-19(22)14-26;/h3-6,9,12-13,15-16,18,21,27H,7-8,10-11H2,1-2H3;1H/t18-;/m1./s1. The van der Waals surface area contributed by atoms with Gasteiger partial charge in [0.15, 0.2) is 0 Å². The van der Waals surface area contributed by atoms with Gasteiger partial charge in [-0.05, 0) is 58.0 Å². The lowest BCUT2D eigenvalue weighted by Gasteiger charge is -2.24. The van der Waals surface area contributed by atoms with Gasteiger partial charge < -0.3 is 10.1 Å². The highest BCUT2D eigenvalue weighted by Gasteiger charge is 2.21. The van der Waals surface area contributed by atoms with Gasteiger partial charge in [0.25, 0.3) is 0 Å². The molecule has 8 heteroatoms. The zero-order valence-electron chi connectivity index (χ0n) is 18.7. The molecule has 4 heterocycles. The number of nitrogens with one attached hydrogen (secondary N) is 1. The molecule has 170 valence electrons. The van der Waals surface area contributed by atoms with Gasteiger partial charge in [-0.25, -0.2) is 4.52 Å². The van der Waals surface area contributed by atoms with Gasteiger partial charge in [-0.1, -0.05) is 18.2 Å². The van der Waals surface area contributed by atoms with Crippen molar-refractivity contribution >= 4 is 17.9 Å². The third-order valence-electron chi connectivity index (χ3n) is 6.30. The van der Waals surface area contributed by atoms with E-state index in [1.165, 1.54) is 0 Å². The molecule has 1 saturated heterocycles. The first-order valence-electron chi connectivity index (χ1n) is 11.0. The predicted octanol–water partition coefficient (Wildman–Crippen LogP) is 4.86. The minimum absolute atomic E-state index is 0. The molecule has 0 bridgehead atoms. The van der Waals surface area contributed by atoms with Crippen molar-refractivity contribution in [2.75, 3.05) is 13.1 Å². The van der Waals surface area contributed by atoms with Crippen molar-refractivity contribution in [3.05, 3.63) is 71.8 Å². The molecule has 1 atom stereocenters. The molecule has 1 fully saturated rings. The van der Waals surface area contributed by atoms with Gasteiger partial charge in [0.2, 0.25) is 0 Å². The van der Waals surface area contributed by atoms with Crippen molar-refractivity contribution in [3.63, 3.8) is 0 Å². The summed E-state index contributed by atoms with van der Waals surface area (Å²) >= 11 is 0. The van der Waals surface area contributed by atoms with E-state index in [4.69, 9.17) is 9.84 Å². The highest BCUT2D eigenvalue weighted by atomic mass is 35.5. The van der Waals surface area contributed by atoms with Crippen molar-refractivity contribution in [1.82, 2.24) is 24.7 Å². The third kappa shape index (κ3) is 4.32. The molecule has 3 aromatic heterocycles. The van der Waals surface area contributed by atoms with Gasteiger partial charge in [0.05, 0.1) is 30.1 Å². The SMILES string of the molecule is Cc1c(-c2cc(O[C@H](C)c3ccccc3C#N)c3ccnn3c2)cnn1C1CCNCC1.Cl. The van der Waals surface area contributed by atoms with Crippen LogP contribution in [0.3, 0.4) is 0 Å². The zero-order chi connectivity index (χ0) is 22.1. The molecule has 4 aromatic rings. The lowest BCUT2D eigenvalue weighted by molar-refractivity contribution is 0.228. The molecule has 1 N–H and O–H groups in total. The van der Waals surface area contributed by atoms with Gasteiger partial charge in [0, 0.05) is 28.6 Å². The second-order valence-corrected chi connectivity index (χ2v) is 8.28. The third-order valence-corrected chi connectivity index (χ3v) is 6.30. The van der Waals surface area contributed by atoms with Crippen LogP contribution in [0.2, 0.25) is 0 Å². The first kappa shape index (κ1) is 22.8. The number of nitriles is 1. The molecule has 0 aliphatic carbocycles. The largest absolute Gasteiger partial charge is 0.484 e. The van der Waals surface area contributed by atoms with Crippen molar-refractivity contribution in [2.24, 2.45) is 0 Å². The van der Waals surface area contributed by atoms with Gasteiger partial charge in [-0.2, -0.15) is 15.5 Å². The van der Waals surface area contributed by atoms with E-state index in [0.717, 1.165) is 59.6 Å². The molecule has 5 rings (SSSR count). The van der Waals surface area contributed by atoms with Gasteiger partial charge >= 0.3 is 0 Å². The highest BCUT2D eigenvalue weighted by molar-refractivity contribution is 5.85. The number of halogens is 1. The maximum absolute atomic E-state index is 9.47. The topological polar surface area (TPSA) is 80.2 Å².